The highest BCUT2D eigenvalue weighted by atomic mass is 32.2. The molecule has 0 unspecified atom stereocenters. The van der Waals surface area contributed by atoms with Gasteiger partial charge in [-0.2, -0.15) is 0 Å². The quantitative estimate of drug-likeness (QED) is 0.730. The van der Waals surface area contributed by atoms with Crippen LogP contribution in [0.4, 0.5) is 0 Å². The minimum Gasteiger partial charge on any atom is -0.225 e. The molecule has 6 nitrogen and oxygen atoms in total. The molecule has 0 fully saturated rings. The van der Waals surface area contributed by atoms with Gasteiger partial charge in [-0.1, -0.05) is 30.3 Å². The molecule has 23 heavy (non-hydrogen) atoms. The maximum atomic E-state index is 12.1. The lowest BCUT2D eigenvalue weighted by Crippen LogP contribution is -2.25. The van der Waals surface area contributed by atoms with Crippen LogP contribution in [0.15, 0.2) is 64.4 Å². The minimum absolute atomic E-state index is 0.00427. The lowest BCUT2D eigenvalue weighted by Gasteiger charge is -2.07. The number of hydrogen-bond donors (Lipinski definition) is 2. The van der Waals surface area contributed by atoms with E-state index in [4.69, 9.17) is 5.14 Å². The largest absolute Gasteiger partial charge is 0.240 e. The van der Waals surface area contributed by atoms with Crippen molar-refractivity contribution >= 4 is 20.0 Å². The molecule has 124 valence electrons. The third-order valence-electron chi connectivity index (χ3n) is 3.24. The molecule has 0 bridgehead atoms. The van der Waals surface area contributed by atoms with Crippen molar-refractivity contribution in [3.8, 4) is 0 Å². The Kier molecular flexibility index (Phi) is 5.53. The van der Waals surface area contributed by atoms with Crippen molar-refractivity contribution in [1.29, 1.82) is 0 Å². The SMILES string of the molecule is NS(=O)(=O)c1ccc(S(=O)(=O)NCCCc2ccccc2)cc1. The Morgan fingerprint density at radius 1 is 0.826 bits per heavy atom. The third kappa shape index (κ3) is 5.14. The Hall–Kier alpha value is -1.74. The Morgan fingerprint density at radius 2 is 1.39 bits per heavy atom. The van der Waals surface area contributed by atoms with Crippen molar-refractivity contribution in [3.05, 3.63) is 60.2 Å². The van der Waals surface area contributed by atoms with Crippen LogP contribution in [0.2, 0.25) is 0 Å². The standard InChI is InChI=1S/C15H18N2O4S2/c16-22(18,19)14-8-10-15(11-9-14)23(20,21)17-12-4-7-13-5-2-1-3-6-13/h1-3,5-6,8-11,17H,4,7,12H2,(H2,16,18,19). The van der Waals surface area contributed by atoms with Crippen LogP contribution in [-0.2, 0) is 26.5 Å². The minimum atomic E-state index is -3.83. The monoisotopic (exact) mass is 354 g/mol. The number of benzene rings is 2. The third-order valence-corrected chi connectivity index (χ3v) is 5.65. The van der Waals surface area contributed by atoms with Crippen molar-refractivity contribution in [2.24, 2.45) is 5.14 Å². The van der Waals surface area contributed by atoms with Crippen LogP contribution in [0.1, 0.15) is 12.0 Å². The van der Waals surface area contributed by atoms with Crippen LogP contribution in [0.5, 0.6) is 0 Å². The molecule has 0 aliphatic rings. The lowest BCUT2D eigenvalue weighted by molar-refractivity contribution is 0.578. The number of nitrogens with one attached hydrogen (secondary N) is 1. The molecule has 0 aliphatic heterocycles. The van der Waals surface area contributed by atoms with Gasteiger partial charge < -0.3 is 0 Å². The second-order valence-corrected chi connectivity index (χ2v) is 8.33. The first-order chi connectivity index (χ1) is 10.8. The van der Waals surface area contributed by atoms with Crippen molar-refractivity contribution in [2.45, 2.75) is 22.6 Å². The predicted octanol–water partition coefficient (Wildman–Crippen LogP) is 1.25. The number of nitrogens with two attached hydrogens (primary N) is 1. The summed E-state index contributed by atoms with van der Waals surface area (Å²) < 4.78 is 49.0. The summed E-state index contributed by atoms with van der Waals surface area (Å²) in [7, 11) is -7.49. The molecule has 0 saturated heterocycles. The molecule has 0 aliphatic carbocycles. The first-order valence-corrected chi connectivity index (χ1v) is 9.98. The predicted molar refractivity (Wildman–Crippen MR) is 87.8 cm³/mol. The average Bonchev–Trinajstić information content (AvgIpc) is 2.52. The fourth-order valence-corrected chi connectivity index (χ4v) is 3.63. The van der Waals surface area contributed by atoms with Gasteiger partial charge in [0.15, 0.2) is 0 Å². The summed E-state index contributed by atoms with van der Waals surface area (Å²) in [6.07, 6.45) is 1.44. The Bertz CT molecular complexity index is 846. The van der Waals surface area contributed by atoms with Crippen LogP contribution >= 0.6 is 0 Å². The van der Waals surface area contributed by atoms with E-state index in [0.717, 1.165) is 12.0 Å². The number of aryl methyl sites for hydroxylation is 1. The summed E-state index contributed by atoms with van der Waals surface area (Å²) in [6.45, 7) is 0.300. The first-order valence-electron chi connectivity index (χ1n) is 6.95. The molecular formula is C15H18N2O4S2. The van der Waals surface area contributed by atoms with E-state index in [1.54, 1.807) is 0 Å². The average molecular weight is 354 g/mol. The number of primary sulfonamides is 1. The highest BCUT2D eigenvalue weighted by molar-refractivity contribution is 7.89. The molecule has 8 heteroatoms. The maximum absolute atomic E-state index is 12.1. The van der Waals surface area contributed by atoms with Gasteiger partial charge >= 0.3 is 0 Å². The summed E-state index contributed by atoms with van der Waals surface area (Å²) in [4.78, 5) is -0.120. The second-order valence-electron chi connectivity index (χ2n) is 5.00. The lowest BCUT2D eigenvalue weighted by atomic mass is 10.1. The van der Waals surface area contributed by atoms with Gasteiger partial charge in [-0.25, -0.2) is 26.7 Å². The van der Waals surface area contributed by atoms with E-state index < -0.39 is 20.0 Å². The fraction of sp³-hybridized carbons (Fsp3) is 0.200. The summed E-state index contributed by atoms with van der Waals surface area (Å²) in [6, 6.07) is 14.6. The van der Waals surface area contributed by atoms with Gasteiger partial charge in [0.1, 0.15) is 0 Å². The highest BCUT2D eigenvalue weighted by Gasteiger charge is 2.15. The maximum Gasteiger partial charge on any atom is 0.240 e. The van der Waals surface area contributed by atoms with Crippen LogP contribution in [0, 0.1) is 0 Å². The van der Waals surface area contributed by atoms with Crippen molar-refractivity contribution < 1.29 is 16.8 Å². The van der Waals surface area contributed by atoms with E-state index in [1.807, 2.05) is 30.3 Å². The molecule has 0 atom stereocenters. The van der Waals surface area contributed by atoms with Crippen molar-refractivity contribution in [2.75, 3.05) is 6.54 Å². The van der Waals surface area contributed by atoms with Crippen LogP contribution in [0.3, 0.4) is 0 Å². The zero-order chi connectivity index (χ0) is 16.9. The van der Waals surface area contributed by atoms with Crippen molar-refractivity contribution in [1.82, 2.24) is 4.72 Å². The van der Waals surface area contributed by atoms with E-state index in [1.165, 1.54) is 24.3 Å². The van der Waals surface area contributed by atoms with Gasteiger partial charge in [0, 0.05) is 6.54 Å². The highest BCUT2D eigenvalue weighted by Crippen LogP contribution is 2.13. The Labute approximate surface area is 136 Å². The first kappa shape index (κ1) is 17.6. The van der Waals surface area contributed by atoms with Crippen molar-refractivity contribution in [3.63, 3.8) is 0 Å². The van der Waals surface area contributed by atoms with Gasteiger partial charge in [0.2, 0.25) is 20.0 Å². The van der Waals surface area contributed by atoms with E-state index in [-0.39, 0.29) is 9.79 Å². The molecule has 2 aromatic rings. The zero-order valence-corrected chi connectivity index (χ0v) is 14.0. The van der Waals surface area contributed by atoms with Crippen LogP contribution in [-0.4, -0.2) is 23.4 Å². The topological polar surface area (TPSA) is 106 Å². The summed E-state index contributed by atoms with van der Waals surface area (Å²) in [5.74, 6) is 0. The fourth-order valence-electron chi connectivity index (χ4n) is 2.04. The van der Waals surface area contributed by atoms with Gasteiger partial charge in [0.25, 0.3) is 0 Å². The Balaban J connectivity index is 1.94. The molecule has 0 saturated carbocycles. The normalized spacial score (nSPS) is 12.2. The summed E-state index contributed by atoms with van der Waals surface area (Å²) in [5.41, 5.74) is 1.14. The molecule has 3 N–H and O–H groups in total. The van der Waals surface area contributed by atoms with Crippen LogP contribution in [0.25, 0.3) is 0 Å². The molecule has 2 aromatic carbocycles. The van der Waals surface area contributed by atoms with Gasteiger partial charge in [-0.3, -0.25) is 0 Å². The smallest absolute Gasteiger partial charge is 0.225 e. The summed E-state index contributed by atoms with van der Waals surface area (Å²) >= 11 is 0. The number of rotatable bonds is 7. The van der Waals surface area contributed by atoms with Gasteiger partial charge in [-0.15, -0.1) is 0 Å². The molecule has 0 radical (unpaired) electrons. The van der Waals surface area contributed by atoms with E-state index in [9.17, 15) is 16.8 Å². The number of sulfonamides is 2. The van der Waals surface area contributed by atoms with E-state index in [0.29, 0.717) is 13.0 Å². The van der Waals surface area contributed by atoms with Gasteiger partial charge in [-0.05, 0) is 42.7 Å². The molecule has 2 rings (SSSR count). The van der Waals surface area contributed by atoms with Gasteiger partial charge in [0.05, 0.1) is 9.79 Å². The molecule has 0 heterocycles. The molecule has 0 spiro atoms. The molecule has 0 aromatic heterocycles. The molecular weight excluding hydrogens is 336 g/mol. The van der Waals surface area contributed by atoms with E-state index >= 15 is 0 Å². The Morgan fingerprint density at radius 3 is 1.96 bits per heavy atom. The van der Waals surface area contributed by atoms with Crippen LogP contribution < -0.4 is 9.86 Å². The zero-order valence-electron chi connectivity index (χ0n) is 12.3. The van der Waals surface area contributed by atoms with E-state index in [2.05, 4.69) is 4.72 Å². The molecule has 0 amide bonds. The summed E-state index contributed by atoms with van der Waals surface area (Å²) in [5, 5.41) is 4.98. The second kappa shape index (κ2) is 7.22. The number of hydrogen-bond acceptors (Lipinski definition) is 4.